The van der Waals surface area contributed by atoms with Crippen molar-refractivity contribution in [1.82, 2.24) is 5.32 Å². The maximum Gasteiger partial charge on any atom is 0.342 e. The summed E-state index contributed by atoms with van der Waals surface area (Å²) in [6, 6.07) is 14.6. The lowest BCUT2D eigenvalue weighted by Crippen LogP contribution is -2.31. The van der Waals surface area contributed by atoms with Gasteiger partial charge in [0.2, 0.25) is 0 Å². The number of nitrogens with one attached hydrogen (secondary N) is 1. The number of hydrogen-bond donors (Lipinski definition) is 2. The first-order valence-corrected chi connectivity index (χ1v) is 7.76. The van der Waals surface area contributed by atoms with Crippen molar-refractivity contribution in [2.75, 3.05) is 13.2 Å². The largest absolute Gasteiger partial charge is 0.507 e. The smallest absolute Gasteiger partial charge is 0.342 e. The molecule has 5 nitrogen and oxygen atoms in total. The second-order valence-corrected chi connectivity index (χ2v) is 5.66. The molecule has 1 atom stereocenters. The first kappa shape index (κ1) is 17.5. The molecule has 0 aliphatic carbocycles. The van der Waals surface area contributed by atoms with E-state index in [4.69, 9.17) is 4.74 Å². The standard InChI is InChI=1S/C19H21NO4/c1-13-7-6-10-16(18(13)22)19(23)24-12-17(21)20-11-14(2)15-8-4-3-5-9-15/h3-10,14,22H,11-12H2,1-2H3,(H,20,21)/t14-/m1/s1. The second-order valence-electron chi connectivity index (χ2n) is 5.66. The van der Waals surface area contributed by atoms with Gasteiger partial charge in [-0.05, 0) is 30.0 Å². The van der Waals surface area contributed by atoms with E-state index in [0.29, 0.717) is 12.1 Å². The van der Waals surface area contributed by atoms with E-state index in [0.717, 1.165) is 5.56 Å². The maximum atomic E-state index is 11.9. The molecular formula is C19H21NO4. The molecule has 0 fully saturated rings. The van der Waals surface area contributed by atoms with Gasteiger partial charge in [-0.25, -0.2) is 4.79 Å². The highest BCUT2D eigenvalue weighted by molar-refractivity contribution is 5.94. The SMILES string of the molecule is Cc1cccc(C(=O)OCC(=O)NC[C@@H](C)c2ccccc2)c1O. The van der Waals surface area contributed by atoms with Crippen LogP contribution in [0.1, 0.15) is 34.3 Å². The number of aromatic hydroxyl groups is 1. The van der Waals surface area contributed by atoms with Gasteiger partial charge in [0.25, 0.3) is 5.91 Å². The zero-order valence-electron chi connectivity index (χ0n) is 13.8. The lowest BCUT2D eigenvalue weighted by Gasteiger charge is -2.13. The Kier molecular flexibility index (Phi) is 5.95. The Bertz CT molecular complexity index is 713. The first-order chi connectivity index (χ1) is 11.5. The summed E-state index contributed by atoms with van der Waals surface area (Å²) in [5.41, 5.74) is 1.76. The molecule has 0 aliphatic rings. The number of hydrogen-bond acceptors (Lipinski definition) is 4. The fourth-order valence-electron chi connectivity index (χ4n) is 2.25. The van der Waals surface area contributed by atoms with Gasteiger partial charge >= 0.3 is 5.97 Å². The number of carbonyl (C=O) groups excluding carboxylic acids is 2. The molecule has 0 radical (unpaired) electrons. The fraction of sp³-hybridized carbons (Fsp3) is 0.263. The summed E-state index contributed by atoms with van der Waals surface area (Å²) in [5, 5.41) is 12.6. The fourth-order valence-corrected chi connectivity index (χ4v) is 2.25. The molecular weight excluding hydrogens is 306 g/mol. The molecule has 0 unspecified atom stereocenters. The van der Waals surface area contributed by atoms with Crippen molar-refractivity contribution < 1.29 is 19.4 Å². The molecule has 5 heteroatoms. The molecule has 24 heavy (non-hydrogen) atoms. The molecule has 1 amide bonds. The van der Waals surface area contributed by atoms with Crippen LogP contribution in [-0.2, 0) is 9.53 Å². The predicted octanol–water partition coefficient (Wildman–Crippen LogP) is 2.78. The van der Waals surface area contributed by atoms with Gasteiger partial charge in [-0.2, -0.15) is 0 Å². The predicted molar refractivity (Wildman–Crippen MR) is 91.0 cm³/mol. The Morgan fingerprint density at radius 1 is 1.12 bits per heavy atom. The van der Waals surface area contributed by atoms with Gasteiger partial charge in [-0.3, -0.25) is 4.79 Å². The molecule has 2 rings (SSSR count). The summed E-state index contributed by atoms with van der Waals surface area (Å²) in [4.78, 5) is 23.7. The Balaban J connectivity index is 1.81. The molecule has 2 aromatic carbocycles. The molecule has 0 aromatic heterocycles. The molecule has 0 heterocycles. The van der Waals surface area contributed by atoms with Crippen LogP contribution in [0.2, 0.25) is 0 Å². The molecule has 0 saturated heterocycles. The van der Waals surface area contributed by atoms with E-state index in [1.165, 1.54) is 6.07 Å². The van der Waals surface area contributed by atoms with Crippen LogP contribution in [-0.4, -0.2) is 30.1 Å². The lowest BCUT2D eigenvalue weighted by atomic mass is 10.0. The summed E-state index contributed by atoms with van der Waals surface area (Å²) in [6.45, 7) is 3.76. The van der Waals surface area contributed by atoms with Crippen molar-refractivity contribution in [3.8, 4) is 5.75 Å². The van der Waals surface area contributed by atoms with Gasteiger partial charge in [-0.1, -0.05) is 49.4 Å². The number of esters is 1. The Morgan fingerprint density at radius 3 is 2.54 bits per heavy atom. The molecule has 0 spiro atoms. The van der Waals surface area contributed by atoms with E-state index in [1.54, 1.807) is 19.1 Å². The molecule has 0 bridgehead atoms. The number of phenols is 1. The summed E-state index contributed by atoms with van der Waals surface area (Å²) >= 11 is 0. The summed E-state index contributed by atoms with van der Waals surface area (Å²) < 4.78 is 4.95. The zero-order valence-corrected chi connectivity index (χ0v) is 13.8. The van der Waals surface area contributed by atoms with Crippen molar-refractivity contribution in [1.29, 1.82) is 0 Å². The first-order valence-electron chi connectivity index (χ1n) is 7.76. The Hall–Kier alpha value is -2.82. The van der Waals surface area contributed by atoms with Crippen LogP contribution in [0.15, 0.2) is 48.5 Å². The van der Waals surface area contributed by atoms with Crippen LogP contribution >= 0.6 is 0 Å². The monoisotopic (exact) mass is 327 g/mol. The van der Waals surface area contributed by atoms with E-state index in [1.807, 2.05) is 37.3 Å². The van der Waals surface area contributed by atoms with Crippen molar-refractivity contribution in [3.05, 3.63) is 65.2 Å². The van der Waals surface area contributed by atoms with Gasteiger partial charge in [0.05, 0.1) is 0 Å². The van der Waals surface area contributed by atoms with Crippen LogP contribution in [0, 0.1) is 6.92 Å². The number of para-hydroxylation sites is 1. The van der Waals surface area contributed by atoms with Crippen molar-refractivity contribution in [3.63, 3.8) is 0 Å². The van der Waals surface area contributed by atoms with Crippen LogP contribution in [0.25, 0.3) is 0 Å². The minimum absolute atomic E-state index is 0.0560. The number of phenolic OH excluding ortho intramolecular Hbond substituents is 1. The van der Waals surface area contributed by atoms with Gasteiger partial charge in [0.1, 0.15) is 11.3 Å². The third-order valence-corrected chi connectivity index (χ3v) is 3.77. The van der Waals surface area contributed by atoms with Crippen LogP contribution in [0.3, 0.4) is 0 Å². The Morgan fingerprint density at radius 2 is 1.83 bits per heavy atom. The molecule has 2 aromatic rings. The van der Waals surface area contributed by atoms with Gasteiger partial charge in [0, 0.05) is 6.54 Å². The van der Waals surface area contributed by atoms with Crippen LogP contribution in [0.5, 0.6) is 5.75 Å². The number of carbonyl (C=O) groups is 2. The highest BCUT2D eigenvalue weighted by Gasteiger charge is 2.15. The second kappa shape index (κ2) is 8.15. The van der Waals surface area contributed by atoms with Crippen LogP contribution in [0.4, 0.5) is 0 Å². The van der Waals surface area contributed by atoms with Gasteiger partial charge in [0.15, 0.2) is 6.61 Å². The summed E-state index contributed by atoms with van der Waals surface area (Å²) in [5.74, 6) is -1.06. The molecule has 0 saturated carbocycles. The van der Waals surface area contributed by atoms with Crippen molar-refractivity contribution in [2.24, 2.45) is 0 Å². The molecule has 0 aliphatic heterocycles. The van der Waals surface area contributed by atoms with Gasteiger partial charge in [-0.15, -0.1) is 0 Å². The maximum absolute atomic E-state index is 11.9. The normalized spacial score (nSPS) is 11.6. The third kappa shape index (κ3) is 4.59. The van der Waals surface area contributed by atoms with E-state index in [-0.39, 0.29) is 29.7 Å². The third-order valence-electron chi connectivity index (χ3n) is 3.77. The number of ether oxygens (including phenoxy) is 1. The van der Waals surface area contributed by atoms with Gasteiger partial charge < -0.3 is 15.2 Å². The number of amides is 1. The van der Waals surface area contributed by atoms with E-state index in [2.05, 4.69) is 5.32 Å². The summed E-state index contributed by atoms with van der Waals surface area (Å²) in [7, 11) is 0. The van der Waals surface area contributed by atoms with E-state index < -0.39 is 5.97 Å². The lowest BCUT2D eigenvalue weighted by molar-refractivity contribution is -0.124. The van der Waals surface area contributed by atoms with E-state index >= 15 is 0 Å². The number of rotatable bonds is 6. The topological polar surface area (TPSA) is 75.6 Å². The van der Waals surface area contributed by atoms with E-state index in [9.17, 15) is 14.7 Å². The number of aryl methyl sites for hydroxylation is 1. The summed E-state index contributed by atoms with van der Waals surface area (Å²) in [6.07, 6.45) is 0. The van der Waals surface area contributed by atoms with Crippen LogP contribution < -0.4 is 5.32 Å². The molecule has 2 N–H and O–H groups in total. The average Bonchev–Trinajstić information content (AvgIpc) is 2.60. The minimum atomic E-state index is -0.720. The molecule has 126 valence electrons. The van der Waals surface area contributed by atoms with Crippen molar-refractivity contribution >= 4 is 11.9 Å². The number of benzene rings is 2. The highest BCUT2D eigenvalue weighted by atomic mass is 16.5. The highest BCUT2D eigenvalue weighted by Crippen LogP contribution is 2.22. The quantitative estimate of drug-likeness (QED) is 0.800. The average molecular weight is 327 g/mol. The zero-order chi connectivity index (χ0) is 17.5. The Labute approximate surface area is 141 Å². The minimum Gasteiger partial charge on any atom is -0.507 e. The van der Waals surface area contributed by atoms with Crippen molar-refractivity contribution in [2.45, 2.75) is 19.8 Å².